The Balaban J connectivity index is 1.87. The molecule has 1 amide bonds. The number of rotatable bonds is 10. The topological polar surface area (TPSA) is 62.1 Å². The molecule has 1 unspecified atom stereocenters. The van der Waals surface area contributed by atoms with Gasteiger partial charge < -0.3 is 10.1 Å². The fourth-order valence-corrected chi connectivity index (χ4v) is 4.40. The fraction of sp³-hybridized carbons (Fsp3) is 0.355. The van der Waals surface area contributed by atoms with Gasteiger partial charge in [0.2, 0.25) is 0 Å². The van der Waals surface area contributed by atoms with Crippen molar-refractivity contribution in [2.75, 3.05) is 0 Å². The Bertz CT molecular complexity index is 1190. The molecule has 0 aliphatic heterocycles. The maximum atomic E-state index is 13.6. The number of carbonyl (C=O) groups is 1. The van der Waals surface area contributed by atoms with Crippen LogP contribution in [0.25, 0.3) is 0 Å². The predicted octanol–water partition coefficient (Wildman–Crippen LogP) is 7.16. The molecule has 1 N–H and O–H groups in total. The number of hydrogen-bond donors (Lipinski definition) is 1. The zero-order chi connectivity index (χ0) is 25.4. The highest BCUT2D eigenvalue weighted by molar-refractivity contribution is 5.96. The summed E-state index contributed by atoms with van der Waals surface area (Å²) in [6, 6.07) is 22.3. The van der Waals surface area contributed by atoms with E-state index in [4.69, 9.17) is 10.00 Å². The van der Waals surface area contributed by atoms with E-state index >= 15 is 0 Å². The van der Waals surface area contributed by atoms with E-state index in [0.29, 0.717) is 30.9 Å². The van der Waals surface area contributed by atoms with Crippen LogP contribution in [-0.4, -0.2) is 5.91 Å². The lowest BCUT2D eigenvalue weighted by Gasteiger charge is -2.23. The molecule has 0 heterocycles. The Morgan fingerprint density at radius 2 is 1.71 bits per heavy atom. The van der Waals surface area contributed by atoms with Gasteiger partial charge in [-0.25, -0.2) is 0 Å². The van der Waals surface area contributed by atoms with Crippen molar-refractivity contribution in [1.29, 1.82) is 5.26 Å². The van der Waals surface area contributed by atoms with E-state index in [1.54, 1.807) is 0 Å². The first-order valence-corrected chi connectivity index (χ1v) is 12.3. The molecule has 4 heteroatoms. The van der Waals surface area contributed by atoms with Crippen molar-refractivity contribution in [2.24, 2.45) is 5.92 Å². The standard InChI is InChI=1S/C31H36N2O2/c1-21(2)14-30(27-16-23(4)15-24(5)17-27)33-31(34)29-19-25(11-12-26(29)9-7-13-32)20-35-28-10-6-8-22(3)18-28/h6,8,10-12,15-19,21,30H,7,9,14,20H2,1-5H3,(H,33,34). The Labute approximate surface area is 210 Å². The van der Waals surface area contributed by atoms with Gasteiger partial charge in [0, 0.05) is 12.0 Å². The van der Waals surface area contributed by atoms with Crippen LogP contribution in [0.3, 0.4) is 0 Å². The summed E-state index contributed by atoms with van der Waals surface area (Å²) in [5.74, 6) is 1.12. The number of hydrogen-bond acceptors (Lipinski definition) is 3. The summed E-state index contributed by atoms with van der Waals surface area (Å²) >= 11 is 0. The summed E-state index contributed by atoms with van der Waals surface area (Å²) in [4.78, 5) is 13.6. The number of carbonyl (C=O) groups excluding carboxylic acids is 1. The highest BCUT2D eigenvalue weighted by Gasteiger charge is 2.20. The van der Waals surface area contributed by atoms with Gasteiger partial charge in [-0.3, -0.25) is 4.79 Å². The molecule has 0 saturated carbocycles. The molecule has 3 aromatic rings. The number of amides is 1. The third-order valence-electron chi connectivity index (χ3n) is 5.98. The number of benzene rings is 3. The molecule has 3 rings (SSSR count). The van der Waals surface area contributed by atoms with Crippen LogP contribution in [0, 0.1) is 38.0 Å². The van der Waals surface area contributed by atoms with E-state index < -0.39 is 0 Å². The molecule has 0 saturated heterocycles. The van der Waals surface area contributed by atoms with Gasteiger partial charge in [-0.05, 0) is 80.0 Å². The summed E-state index contributed by atoms with van der Waals surface area (Å²) in [6.45, 7) is 10.9. The Kier molecular flexibility index (Phi) is 9.09. The van der Waals surface area contributed by atoms with Gasteiger partial charge >= 0.3 is 0 Å². The highest BCUT2D eigenvalue weighted by atomic mass is 16.5. The van der Waals surface area contributed by atoms with E-state index in [2.05, 4.69) is 57.3 Å². The number of ether oxygens (including phenoxy) is 1. The monoisotopic (exact) mass is 468 g/mol. The number of aryl methyl sites for hydroxylation is 4. The minimum absolute atomic E-state index is 0.0860. The lowest BCUT2D eigenvalue weighted by atomic mass is 9.93. The van der Waals surface area contributed by atoms with E-state index in [9.17, 15) is 4.79 Å². The van der Waals surface area contributed by atoms with Gasteiger partial charge in [-0.15, -0.1) is 0 Å². The second kappa shape index (κ2) is 12.2. The second-order valence-corrected chi connectivity index (χ2v) is 9.83. The highest BCUT2D eigenvalue weighted by Crippen LogP contribution is 2.25. The maximum Gasteiger partial charge on any atom is 0.252 e. The van der Waals surface area contributed by atoms with Gasteiger partial charge in [0.25, 0.3) is 5.91 Å². The summed E-state index contributed by atoms with van der Waals surface area (Å²) in [5, 5.41) is 12.4. The first-order valence-electron chi connectivity index (χ1n) is 12.3. The normalized spacial score (nSPS) is 11.7. The molecule has 0 fully saturated rings. The van der Waals surface area contributed by atoms with Crippen LogP contribution >= 0.6 is 0 Å². The van der Waals surface area contributed by atoms with Gasteiger partial charge in [-0.2, -0.15) is 5.26 Å². The number of nitrogens with one attached hydrogen (secondary N) is 1. The molecule has 4 nitrogen and oxygen atoms in total. The molecule has 0 radical (unpaired) electrons. The van der Waals surface area contributed by atoms with Crippen molar-refractivity contribution in [2.45, 2.75) is 66.5 Å². The molecule has 0 aliphatic carbocycles. The fourth-order valence-electron chi connectivity index (χ4n) is 4.40. The number of nitrogens with zero attached hydrogens (tertiary/aromatic N) is 1. The minimum atomic E-state index is -0.111. The minimum Gasteiger partial charge on any atom is -0.489 e. The average Bonchev–Trinajstić information content (AvgIpc) is 2.80. The molecular weight excluding hydrogens is 432 g/mol. The van der Waals surface area contributed by atoms with Crippen molar-refractivity contribution in [3.63, 3.8) is 0 Å². The van der Waals surface area contributed by atoms with Crippen LogP contribution in [0.2, 0.25) is 0 Å². The van der Waals surface area contributed by atoms with Crippen LogP contribution in [0.4, 0.5) is 0 Å². The molecule has 35 heavy (non-hydrogen) atoms. The first-order chi connectivity index (χ1) is 16.7. The summed E-state index contributed by atoms with van der Waals surface area (Å²) < 4.78 is 5.97. The Morgan fingerprint density at radius 3 is 2.37 bits per heavy atom. The average molecular weight is 469 g/mol. The SMILES string of the molecule is Cc1cccc(OCc2ccc(CCC#N)c(C(=O)NC(CC(C)C)c3cc(C)cc(C)c3)c2)c1. The Hall–Kier alpha value is -3.58. The van der Waals surface area contributed by atoms with Crippen molar-refractivity contribution in [1.82, 2.24) is 5.32 Å². The smallest absolute Gasteiger partial charge is 0.252 e. The Morgan fingerprint density at radius 1 is 0.971 bits per heavy atom. The molecule has 0 aromatic heterocycles. The van der Waals surface area contributed by atoms with Crippen LogP contribution in [0.15, 0.2) is 60.7 Å². The van der Waals surface area contributed by atoms with Crippen molar-refractivity contribution in [3.05, 3.63) is 99.6 Å². The maximum absolute atomic E-state index is 13.6. The van der Waals surface area contributed by atoms with Gasteiger partial charge in [0.15, 0.2) is 0 Å². The molecular formula is C31H36N2O2. The van der Waals surface area contributed by atoms with Gasteiger partial charge in [0.1, 0.15) is 12.4 Å². The van der Waals surface area contributed by atoms with Crippen molar-refractivity contribution < 1.29 is 9.53 Å². The zero-order valence-electron chi connectivity index (χ0n) is 21.5. The first kappa shape index (κ1) is 26.0. The van der Waals surface area contributed by atoms with E-state index in [1.165, 1.54) is 11.1 Å². The van der Waals surface area contributed by atoms with E-state index in [-0.39, 0.29) is 11.9 Å². The molecule has 0 spiro atoms. The van der Waals surface area contributed by atoms with Gasteiger partial charge in [-0.1, -0.05) is 67.4 Å². The van der Waals surface area contributed by atoms with Crippen LogP contribution < -0.4 is 10.1 Å². The van der Waals surface area contributed by atoms with E-state index in [0.717, 1.165) is 34.4 Å². The lowest BCUT2D eigenvalue weighted by molar-refractivity contribution is 0.0930. The molecule has 0 aliphatic rings. The molecule has 3 aromatic carbocycles. The third kappa shape index (κ3) is 7.72. The summed E-state index contributed by atoms with van der Waals surface area (Å²) in [6.07, 6.45) is 1.75. The third-order valence-corrected chi connectivity index (χ3v) is 5.98. The van der Waals surface area contributed by atoms with Crippen LogP contribution in [0.5, 0.6) is 5.75 Å². The van der Waals surface area contributed by atoms with E-state index in [1.807, 2.05) is 49.4 Å². The summed E-state index contributed by atoms with van der Waals surface area (Å²) in [7, 11) is 0. The zero-order valence-corrected chi connectivity index (χ0v) is 21.5. The molecule has 0 bridgehead atoms. The molecule has 1 atom stereocenters. The summed E-state index contributed by atoms with van der Waals surface area (Å²) in [5.41, 5.74) is 7.06. The lowest BCUT2D eigenvalue weighted by Crippen LogP contribution is -2.30. The number of nitriles is 1. The predicted molar refractivity (Wildman–Crippen MR) is 141 cm³/mol. The van der Waals surface area contributed by atoms with Crippen molar-refractivity contribution in [3.8, 4) is 11.8 Å². The van der Waals surface area contributed by atoms with Gasteiger partial charge in [0.05, 0.1) is 12.1 Å². The van der Waals surface area contributed by atoms with Crippen molar-refractivity contribution >= 4 is 5.91 Å². The van der Waals surface area contributed by atoms with Crippen LogP contribution in [0.1, 0.15) is 76.5 Å². The van der Waals surface area contributed by atoms with Crippen LogP contribution in [-0.2, 0) is 13.0 Å². The largest absolute Gasteiger partial charge is 0.489 e. The second-order valence-electron chi connectivity index (χ2n) is 9.83. The molecule has 182 valence electrons. The quantitative estimate of drug-likeness (QED) is 0.343.